The van der Waals surface area contributed by atoms with E-state index in [2.05, 4.69) is 20.9 Å². The monoisotopic (exact) mass is 289 g/mol. The average Bonchev–Trinajstić information content (AvgIpc) is 2.72. The summed E-state index contributed by atoms with van der Waals surface area (Å²) in [6.07, 6.45) is 0. The third kappa shape index (κ3) is 1.87. The van der Waals surface area contributed by atoms with Gasteiger partial charge in [0.2, 0.25) is 0 Å². The second-order valence-electron chi connectivity index (χ2n) is 3.89. The maximum Gasteiger partial charge on any atom is 0.123 e. The Balaban J connectivity index is 2.22. The Morgan fingerprint density at radius 2 is 1.82 bits per heavy atom. The molecule has 84 valence electrons. The molecule has 1 heterocycles. The van der Waals surface area contributed by atoms with Gasteiger partial charge in [0.25, 0.3) is 0 Å². The van der Waals surface area contributed by atoms with E-state index in [0.29, 0.717) is 0 Å². The van der Waals surface area contributed by atoms with Gasteiger partial charge in [0.05, 0.1) is 0 Å². The molecule has 0 aliphatic carbocycles. The molecule has 3 heteroatoms. The van der Waals surface area contributed by atoms with E-state index in [1.165, 1.54) is 12.1 Å². The van der Waals surface area contributed by atoms with Crippen molar-refractivity contribution in [2.24, 2.45) is 0 Å². The Labute approximate surface area is 106 Å². The summed E-state index contributed by atoms with van der Waals surface area (Å²) < 4.78 is 14.1. The van der Waals surface area contributed by atoms with E-state index in [-0.39, 0.29) is 5.82 Å². The molecule has 3 aromatic rings. The van der Waals surface area contributed by atoms with E-state index in [0.717, 1.165) is 26.6 Å². The molecule has 0 saturated carbocycles. The summed E-state index contributed by atoms with van der Waals surface area (Å²) in [5.41, 5.74) is 3.00. The zero-order chi connectivity index (χ0) is 11.8. The Kier molecular flexibility index (Phi) is 2.48. The lowest BCUT2D eigenvalue weighted by molar-refractivity contribution is 0.630. The number of nitrogens with one attached hydrogen (secondary N) is 1. The molecule has 17 heavy (non-hydrogen) atoms. The summed E-state index contributed by atoms with van der Waals surface area (Å²) in [5, 5.41) is 0.885. The smallest absolute Gasteiger partial charge is 0.123 e. The van der Waals surface area contributed by atoms with Gasteiger partial charge >= 0.3 is 0 Å². The van der Waals surface area contributed by atoms with Gasteiger partial charge in [-0.25, -0.2) is 4.39 Å². The Morgan fingerprint density at radius 1 is 1.00 bits per heavy atom. The van der Waals surface area contributed by atoms with Crippen molar-refractivity contribution in [1.29, 1.82) is 0 Å². The third-order valence-corrected chi connectivity index (χ3v) is 3.44. The van der Waals surface area contributed by atoms with E-state index >= 15 is 0 Å². The van der Waals surface area contributed by atoms with Gasteiger partial charge in [-0.05, 0) is 30.3 Å². The fourth-order valence-electron chi connectivity index (χ4n) is 1.93. The number of aromatic amines is 1. The molecular weight excluding hydrogens is 281 g/mol. The lowest BCUT2D eigenvalue weighted by Gasteiger charge is -2.00. The van der Waals surface area contributed by atoms with Crippen LogP contribution >= 0.6 is 15.9 Å². The first-order valence-corrected chi connectivity index (χ1v) is 6.06. The lowest BCUT2D eigenvalue weighted by Crippen LogP contribution is -1.78. The number of aromatic nitrogens is 1. The number of hydrogen-bond acceptors (Lipinski definition) is 0. The number of H-pyrrole nitrogens is 1. The van der Waals surface area contributed by atoms with E-state index in [4.69, 9.17) is 0 Å². The van der Waals surface area contributed by atoms with Crippen molar-refractivity contribution >= 4 is 26.8 Å². The van der Waals surface area contributed by atoms with Gasteiger partial charge in [0.15, 0.2) is 0 Å². The summed E-state index contributed by atoms with van der Waals surface area (Å²) in [4.78, 5) is 3.28. The van der Waals surface area contributed by atoms with Gasteiger partial charge in [-0.1, -0.05) is 34.1 Å². The Bertz CT molecular complexity index is 688. The molecule has 2 aromatic carbocycles. The standard InChI is InChI=1S/C14H9BrFN/c15-12-4-2-1-3-11(12)14-8-9-7-10(16)5-6-13(9)17-14/h1-8,17H. The predicted octanol–water partition coefficient (Wildman–Crippen LogP) is 4.74. The van der Waals surface area contributed by atoms with Crippen LogP contribution in [-0.2, 0) is 0 Å². The van der Waals surface area contributed by atoms with E-state index in [1.54, 1.807) is 6.07 Å². The van der Waals surface area contributed by atoms with Crippen molar-refractivity contribution in [3.05, 3.63) is 58.8 Å². The molecule has 0 radical (unpaired) electrons. The number of halogens is 2. The fraction of sp³-hybridized carbons (Fsp3) is 0. The topological polar surface area (TPSA) is 15.8 Å². The van der Waals surface area contributed by atoms with Crippen LogP contribution in [0.15, 0.2) is 53.0 Å². The zero-order valence-electron chi connectivity index (χ0n) is 8.87. The second-order valence-corrected chi connectivity index (χ2v) is 4.75. The highest BCUT2D eigenvalue weighted by Gasteiger charge is 2.06. The molecule has 0 aliphatic heterocycles. The quantitative estimate of drug-likeness (QED) is 0.666. The van der Waals surface area contributed by atoms with Crippen molar-refractivity contribution in [3.8, 4) is 11.3 Å². The van der Waals surface area contributed by atoms with Crippen LogP contribution in [0.5, 0.6) is 0 Å². The highest BCUT2D eigenvalue weighted by molar-refractivity contribution is 9.10. The van der Waals surface area contributed by atoms with Gasteiger partial charge in [-0.2, -0.15) is 0 Å². The Hall–Kier alpha value is -1.61. The first kappa shape index (κ1) is 10.5. The molecule has 0 amide bonds. The predicted molar refractivity (Wildman–Crippen MR) is 71.4 cm³/mol. The first-order valence-electron chi connectivity index (χ1n) is 5.27. The molecular formula is C14H9BrFN. The van der Waals surface area contributed by atoms with Crippen LogP contribution in [0.2, 0.25) is 0 Å². The van der Waals surface area contributed by atoms with Gasteiger partial charge in [-0.3, -0.25) is 0 Å². The SMILES string of the molecule is Fc1ccc2[nH]c(-c3ccccc3Br)cc2c1. The summed E-state index contributed by atoms with van der Waals surface area (Å²) >= 11 is 3.51. The minimum atomic E-state index is -0.213. The van der Waals surface area contributed by atoms with Crippen LogP contribution in [0.3, 0.4) is 0 Å². The van der Waals surface area contributed by atoms with Crippen LogP contribution in [-0.4, -0.2) is 4.98 Å². The molecule has 0 saturated heterocycles. The summed E-state index contributed by atoms with van der Waals surface area (Å²) in [5.74, 6) is -0.213. The van der Waals surface area contributed by atoms with Crippen molar-refractivity contribution in [2.45, 2.75) is 0 Å². The molecule has 3 rings (SSSR count). The van der Waals surface area contributed by atoms with Crippen molar-refractivity contribution < 1.29 is 4.39 Å². The minimum Gasteiger partial charge on any atom is -0.354 e. The highest BCUT2D eigenvalue weighted by Crippen LogP contribution is 2.30. The number of rotatable bonds is 1. The average molecular weight is 290 g/mol. The largest absolute Gasteiger partial charge is 0.354 e. The van der Waals surface area contributed by atoms with Gasteiger partial charge < -0.3 is 4.98 Å². The number of fused-ring (bicyclic) bond motifs is 1. The maximum absolute atomic E-state index is 13.1. The number of hydrogen-bond donors (Lipinski definition) is 1. The molecule has 0 aliphatic rings. The molecule has 1 nitrogen and oxygen atoms in total. The molecule has 1 N–H and O–H groups in total. The zero-order valence-corrected chi connectivity index (χ0v) is 10.5. The van der Waals surface area contributed by atoms with Crippen LogP contribution in [0.4, 0.5) is 4.39 Å². The third-order valence-electron chi connectivity index (χ3n) is 2.75. The number of benzene rings is 2. The minimum absolute atomic E-state index is 0.213. The van der Waals surface area contributed by atoms with Crippen molar-refractivity contribution in [3.63, 3.8) is 0 Å². The van der Waals surface area contributed by atoms with Crippen LogP contribution in [0.25, 0.3) is 22.2 Å². The van der Waals surface area contributed by atoms with E-state index in [1.807, 2.05) is 30.3 Å². The summed E-state index contributed by atoms with van der Waals surface area (Å²) in [6, 6.07) is 14.7. The van der Waals surface area contributed by atoms with Crippen LogP contribution in [0.1, 0.15) is 0 Å². The Morgan fingerprint density at radius 3 is 2.65 bits per heavy atom. The van der Waals surface area contributed by atoms with Crippen LogP contribution < -0.4 is 0 Å². The first-order chi connectivity index (χ1) is 8.24. The van der Waals surface area contributed by atoms with Gasteiger partial charge in [-0.15, -0.1) is 0 Å². The summed E-state index contributed by atoms with van der Waals surface area (Å²) in [6.45, 7) is 0. The van der Waals surface area contributed by atoms with E-state index < -0.39 is 0 Å². The molecule has 0 unspecified atom stereocenters. The van der Waals surface area contributed by atoms with Crippen molar-refractivity contribution in [2.75, 3.05) is 0 Å². The molecule has 1 aromatic heterocycles. The second kappa shape index (κ2) is 4.00. The van der Waals surface area contributed by atoms with Gasteiger partial charge in [0.1, 0.15) is 5.82 Å². The van der Waals surface area contributed by atoms with Crippen molar-refractivity contribution in [1.82, 2.24) is 4.98 Å². The highest BCUT2D eigenvalue weighted by atomic mass is 79.9. The lowest BCUT2D eigenvalue weighted by atomic mass is 10.1. The fourth-order valence-corrected chi connectivity index (χ4v) is 2.43. The molecule has 0 spiro atoms. The van der Waals surface area contributed by atoms with Crippen LogP contribution in [0, 0.1) is 5.82 Å². The molecule has 0 bridgehead atoms. The normalized spacial score (nSPS) is 10.9. The maximum atomic E-state index is 13.1. The molecule has 0 atom stereocenters. The summed E-state index contributed by atoms with van der Waals surface area (Å²) in [7, 11) is 0. The van der Waals surface area contributed by atoms with E-state index in [9.17, 15) is 4.39 Å². The van der Waals surface area contributed by atoms with Gasteiger partial charge in [0, 0.05) is 26.6 Å². The molecule has 0 fully saturated rings.